The molecule has 1 aromatic heterocycles. The Balaban J connectivity index is 1.32. The Morgan fingerprint density at radius 2 is 2.15 bits per heavy atom. The summed E-state index contributed by atoms with van der Waals surface area (Å²) in [6.45, 7) is 2.13. The average molecular weight is 373 g/mol. The molecule has 0 saturated heterocycles. The first-order valence-electron chi connectivity index (χ1n) is 9.10. The van der Waals surface area contributed by atoms with Crippen molar-refractivity contribution in [2.45, 2.75) is 43.8 Å². The summed E-state index contributed by atoms with van der Waals surface area (Å²) in [7, 11) is 0. The summed E-state index contributed by atoms with van der Waals surface area (Å²) >= 11 is 1.31. The molecule has 0 aliphatic heterocycles. The molecule has 1 amide bonds. The van der Waals surface area contributed by atoms with Gasteiger partial charge in [-0.05, 0) is 78.6 Å². The van der Waals surface area contributed by atoms with E-state index >= 15 is 0 Å². The minimum absolute atomic E-state index is 0.0190. The molecule has 2 saturated carbocycles. The number of carbonyl (C=O) groups is 1. The molecule has 2 fully saturated rings. The van der Waals surface area contributed by atoms with Crippen molar-refractivity contribution in [3.05, 3.63) is 24.3 Å². The van der Waals surface area contributed by atoms with Crippen molar-refractivity contribution in [3.63, 3.8) is 0 Å². The Kier molecular flexibility index (Phi) is 4.84. The van der Waals surface area contributed by atoms with Gasteiger partial charge in [-0.15, -0.1) is 5.10 Å². The van der Waals surface area contributed by atoms with Crippen LogP contribution in [0.2, 0.25) is 0 Å². The lowest BCUT2D eigenvalue weighted by molar-refractivity contribution is -0.119. The lowest BCUT2D eigenvalue weighted by Crippen LogP contribution is -2.40. The molecular formula is C18H23N5O2S. The number of aromatic hydroxyl groups is 1. The van der Waals surface area contributed by atoms with Crippen LogP contribution in [-0.2, 0) is 4.79 Å². The molecule has 7 nitrogen and oxygen atoms in total. The predicted molar refractivity (Wildman–Crippen MR) is 98.1 cm³/mol. The zero-order valence-electron chi connectivity index (χ0n) is 14.7. The number of rotatable bonds is 6. The number of thioether (sulfide) groups is 1. The Hall–Kier alpha value is -2.09. The molecule has 2 N–H and O–H groups in total. The first-order chi connectivity index (χ1) is 12.6. The van der Waals surface area contributed by atoms with Gasteiger partial charge in [-0.3, -0.25) is 4.79 Å². The third kappa shape index (κ3) is 3.56. The van der Waals surface area contributed by atoms with Crippen LogP contribution in [0.15, 0.2) is 29.4 Å². The fourth-order valence-electron chi connectivity index (χ4n) is 4.46. The van der Waals surface area contributed by atoms with Crippen molar-refractivity contribution >= 4 is 17.7 Å². The van der Waals surface area contributed by atoms with E-state index in [9.17, 15) is 9.90 Å². The molecule has 4 unspecified atom stereocenters. The monoisotopic (exact) mass is 373 g/mol. The van der Waals surface area contributed by atoms with E-state index < -0.39 is 0 Å². The highest BCUT2D eigenvalue weighted by molar-refractivity contribution is 7.99. The van der Waals surface area contributed by atoms with Crippen LogP contribution < -0.4 is 5.32 Å². The fraction of sp³-hybridized carbons (Fsp3) is 0.556. The molecule has 1 aromatic carbocycles. The summed E-state index contributed by atoms with van der Waals surface area (Å²) in [5.74, 6) is 2.79. The number of benzene rings is 1. The third-order valence-electron chi connectivity index (χ3n) is 5.69. The van der Waals surface area contributed by atoms with Crippen LogP contribution in [-0.4, -0.2) is 43.0 Å². The van der Waals surface area contributed by atoms with Crippen molar-refractivity contribution in [3.8, 4) is 11.4 Å². The van der Waals surface area contributed by atoms with E-state index in [1.807, 2.05) is 0 Å². The van der Waals surface area contributed by atoms with E-state index in [0.29, 0.717) is 11.1 Å². The van der Waals surface area contributed by atoms with E-state index in [1.54, 1.807) is 28.9 Å². The average Bonchev–Trinajstić information content (AvgIpc) is 3.37. The van der Waals surface area contributed by atoms with Gasteiger partial charge in [0, 0.05) is 6.04 Å². The molecule has 0 spiro atoms. The van der Waals surface area contributed by atoms with E-state index in [1.165, 1.54) is 37.4 Å². The van der Waals surface area contributed by atoms with Crippen LogP contribution >= 0.6 is 11.8 Å². The molecule has 138 valence electrons. The maximum atomic E-state index is 12.4. The molecule has 4 rings (SSSR count). The first-order valence-corrected chi connectivity index (χ1v) is 10.1. The normalized spacial score (nSPS) is 25.3. The lowest BCUT2D eigenvalue weighted by atomic mass is 9.84. The zero-order valence-corrected chi connectivity index (χ0v) is 15.5. The standard InChI is InChI=1S/C18H23N5O2S/c1-11(16-9-12-2-3-13(16)8-12)19-17(25)10-26-18-20-21-22-23(18)14-4-6-15(24)7-5-14/h4-7,11-13,16,24H,2-3,8-10H2,1H3,(H,19,25). The van der Waals surface area contributed by atoms with Gasteiger partial charge in [-0.25, -0.2) is 0 Å². The molecule has 1 heterocycles. The highest BCUT2D eigenvalue weighted by Gasteiger charge is 2.42. The topological polar surface area (TPSA) is 92.9 Å². The summed E-state index contributed by atoms with van der Waals surface area (Å²) in [6.07, 6.45) is 5.31. The molecule has 2 aliphatic rings. The summed E-state index contributed by atoms with van der Waals surface area (Å²) in [5, 5.41) is 24.8. The molecule has 2 aromatic rings. The number of amides is 1. The second-order valence-electron chi connectivity index (χ2n) is 7.37. The molecule has 0 radical (unpaired) electrons. The second kappa shape index (κ2) is 7.26. The fourth-order valence-corrected chi connectivity index (χ4v) is 5.17. The number of aromatic nitrogens is 4. The number of phenols is 1. The molecule has 2 bridgehead atoms. The van der Waals surface area contributed by atoms with Crippen molar-refractivity contribution in [1.82, 2.24) is 25.5 Å². The number of phenolic OH excluding ortho intramolecular Hbond substituents is 1. The van der Waals surface area contributed by atoms with Crippen molar-refractivity contribution in [2.24, 2.45) is 17.8 Å². The molecule has 2 aliphatic carbocycles. The van der Waals surface area contributed by atoms with Crippen LogP contribution in [0, 0.1) is 17.8 Å². The Morgan fingerprint density at radius 1 is 1.35 bits per heavy atom. The minimum Gasteiger partial charge on any atom is -0.508 e. The van der Waals surface area contributed by atoms with Gasteiger partial charge >= 0.3 is 0 Å². The number of hydrogen-bond donors (Lipinski definition) is 2. The zero-order chi connectivity index (χ0) is 18.1. The second-order valence-corrected chi connectivity index (χ2v) is 8.32. The highest BCUT2D eigenvalue weighted by Crippen LogP contribution is 2.49. The van der Waals surface area contributed by atoms with E-state index in [-0.39, 0.29) is 23.5 Å². The van der Waals surface area contributed by atoms with Crippen LogP contribution in [0.5, 0.6) is 5.75 Å². The van der Waals surface area contributed by atoms with Gasteiger partial charge in [0.2, 0.25) is 11.1 Å². The Labute approximate surface area is 156 Å². The lowest BCUT2D eigenvalue weighted by Gasteiger charge is -2.28. The molecule has 8 heteroatoms. The molecule has 4 atom stereocenters. The quantitative estimate of drug-likeness (QED) is 0.756. The SMILES string of the molecule is CC(NC(=O)CSc1nnnn1-c1ccc(O)cc1)C1CC2CCC1C2. The smallest absolute Gasteiger partial charge is 0.230 e. The summed E-state index contributed by atoms with van der Waals surface area (Å²) < 4.78 is 1.57. The number of fused-ring (bicyclic) bond motifs is 2. The predicted octanol–water partition coefficient (Wildman–Crippen LogP) is 2.40. The van der Waals surface area contributed by atoms with Crippen molar-refractivity contribution in [2.75, 3.05) is 5.75 Å². The van der Waals surface area contributed by atoms with Crippen LogP contribution in [0.25, 0.3) is 5.69 Å². The molecular weight excluding hydrogens is 350 g/mol. The summed E-state index contributed by atoms with van der Waals surface area (Å²) in [5.41, 5.74) is 0.742. The van der Waals surface area contributed by atoms with Crippen molar-refractivity contribution in [1.29, 1.82) is 0 Å². The van der Waals surface area contributed by atoms with Gasteiger partial charge < -0.3 is 10.4 Å². The van der Waals surface area contributed by atoms with Gasteiger partial charge in [0.25, 0.3) is 0 Å². The van der Waals surface area contributed by atoms with Crippen molar-refractivity contribution < 1.29 is 9.90 Å². The first kappa shape index (κ1) is 17.3. The van der Waals surface area contributed by atoms with Crippen LogP contribution in [0.1, 0.15) is 32.6 Å². The van der Waals surface area contributed by atoms with Gasteiger partial charge in [-0.2, -0.15) is 4.68 Å². The Bertz CT molecular complexity index is 778. The van der Waals surface area contributed by atoms with Gasteiger partial charge in [0.15, 0.2) is 0 Å². The van der Waals surface area contributed by atoms with Gasteiger partial charge in [0.1, 0.15) is 5.75 Å². The maximum absolute atomic E-state index is 12.4. The summed E-state index contributed by atoms with van der Waals surface area (Å²) in [4.78, 5) is 12.4. The minimum atomic E-state index is 0.0190. The Morgan fingerprint density at radius 3 is 2.85 bits per heavy atom. The van der Waals surface area contributed by atoms with Gasteiger partial charge in [-0.1, -0.05) is 18.2 Å². The number of carbonyl (C=O) groups excluding carboxylic acids is 1. The van der Waals surface area contributed by atoms with Gasteiger partial charge in [0.05, 0.1) is 11.4 Å². The van der Waals surface area contributed by atoms with E-state index in [0.717, 1.165) is 17.5 Å². The number of hydrogen-bond acceptors (Lipinski definition) is 6. The highest BCUT2D eigenvalue weighted by atomic mass is 32.2. The largest absolute Gasteiger partial charge is 0.508 e. The molecule has 26 heavy (non-hydrogen) atoms. The van der Waals surface area contributed by atoms with E-state index in [4.69, 9.17) is 0 Å². The number of nitrogens with one attached hydrogen (secondary N) is 1. The maximum Gasteiger partial charge on any atom is 0.230 e. The number of tetrazole rings is 1. The number of nitrogens with zero attached hydrogens (tertiary/aromatic N) is 4. The van der Waals surface area contributed by atoms with Crippen LogP contribution in [0.4, 0.5) is 0 Å². The van der Waals surface area contributed by atoms with E-state index in [2.05, 4.69) is 27.8 Å². The third-order valence-corrected chi connectivity index (χ3v) is 6.61. The van der Waals surface area contributed by atoms with Crippen LogP contribution in [0.3, 0.4) is 0 Å². The summed E-state index contributed by atoms with van der Waals surface area (Å²) in [6, 6.07) is 6.84.